The van der Waals surface area contributed by atoms with E-state index in [1.165, 1.54) is 11.3 Å². The first-order valence-electron chi connectivity index (χ1n) is 5.96. The van der Waals surface area contributed by atoms with E-state index in [1.54, 1.807) is 24.3 Å². The van der Waals surface area contributed by atoms with E-state index in [-0.39, 0.29) is 6.61 Å². The van der Waals surface area contributed by atoms with Crippen molar-refractivity contribution in [2.45, 2.75) is 6.54 Å². The number of hydrogen-bond acceptors (Lipinski definition) is 4. The summed E-state index contributed by atoms with van der Waals surface area (Å²) >= 11 is 1.49. The molecule has 0 unspecified atom stereocenters. The van der Waals surface area contributed by atoms with Crippen LogP contribution in [0.3, 0.4) is 0 Å². The highest BCUT2D eigenvalue weighted by molar-refractivity contribution is 7.10. The summed E-state index contributed by atoms with van der Waals surface area (Å²) in [6, 6.07) is 10.7. The van der Waals surface area contributed by atoms with Crippen LogP contribution in [0, 0.1) is 11.8 Å². The second kappa shape index (κ2) is 7.34. The van der Waals surface area contributed by atoms with Crippen LogP contribution in [0.15, 0.2) is 41.8 Å². The van der Waals surface area contributed by atoms with Gasteiger partial charge in [-0.25, -0.2) is 4.79 Å². The molecule has 1 amide bonds. The van der Waals surface area contributed by atoms with E-state index in [2.05, 4.69) is 17.2 Å². The van der Waals surface area contributed by atoms with E-state index in [0.717, 1.165) is 10.4 Å². The number of carbonyl (C=O) groups excluding carboxylic acids is 1. The Morgan fingerprint density at radius 1 is 1.30 bits per heavy atom. The summed E-state index contributed by atoms with van der Waals surface area (Å²) in [5.74, 6) is 5.92. The lowest BCUT2D eigenvalue weighted by atomic mass is 10.2. The van der Waals surface area contributed by atoms with E-state index < -0.39 is 6.09 Å². The molecule has 0 saturated carbocycles. The summed E-state index contributed by atoms with van der Waals surface area (Å²) in [5.41, 5.74) is 0.809. The number of nitrogens with one attached hydrogen (secondary N) is 1. The molecule has 0 fully saturated rings. The quantitative estimate of drug-likeness (QED) is 0.852. The largest absolute Gasteiger partial charge is 0.412 e. The Labute approximate surface area is 121 Å². The fraction of sp³-hybridized carbons (Fsp3) is 0.133. The Kier molecular flexibility index (Phi) is 5.18. The standard InChI is InChI=1S/C15H13NO3S/c17-9-4-5-12-8-10-20-14(12)11-16-15(18)19-13-6-2-1-3-7-13/h1-3,6-8,10,17H,9,11H2,(H,16,18). The smallest absolute Gasteiger partial charge is 0.410 e. The number of carbonyl (C=O) groups is 1. The number of aliphatic hydroxyl groups excluding tert-OH is 1. The Hall–Kier alpha value is -2.29. The van der Waals surface area contributed by atoms with Crippen LogP contribution >= 0.6 is 11.3 Å². The van der Waals surface area contributed by atoms with E-state index in [9.17, 15) is 4.79 Å². The summed E-state index contributed by atoms with van der Waals surface area (Å²) in [7, 11) is 0. The average molecular weight is 287 g/mol. The number of benzene rings is 1. The zero-order valence-electron chi connectivity index (χ0n) is 10.6. The Bertz CT molecular complexity index is 625. The Balaban J connectivity index is 1.89. The van der Waals surface area contributed by atoms with Crippen molar-refractivity contribution < 1.29 is 14.6 Å². The summed E-state index contributed by atoms with van der Waals surface area (Å²) in [4.78, 5) is 12.6. The highest BCUT2D eigenvalue weighted by Crippen LogP contribution is 2.15. The molecule has 1 aromatic heterocycles. The van der Waals surface area contributed by atoms with Crippen molar-refractivity contribution in [2.24, 2.45) is 0 Å². The van der Waals surface area contributed by atoms with Gasteiger partial charge in [0.1, 0.15) is 12.4 Å². The minimum absolute atomic E-state index is 0.182. The number of thiophene rings is 1. The van der Waals surface area contributed by atoms with Gasteiger partial charge in [-0.1, -0.05) is 30.0 Å². The number of rotatable bonds is 3. The van der Waals surface area contributed by atoms with Crippen molar-refractivity contribution in [1.29, 1.82) is 0 Å². The van der Waals surface area contributed by atoms with E-state index >= 15 is 0 Å². The number of amides is 1. The van der Waals surface area contributed by atoms with Crippen molar-refractivity contribution in [1.82, 2.24) is 5.32 Å². The number of para-hydroxylation sites is 1. The van der Waals surface area contributed by atoms with Crippen molar-refractivity contribution >= 4 is 17.4 Å². The van der Waals surface area contributed by atoms with Crippen LogP contribution in [0.1, 0.15) is 10.4 Å². The minimum atomic E-state index is -0.509. The second-order valence-electron chi connectivity index (χ2n) is 3.77. The van der Waals surface area contributed by atoms with Crippen LogP contribution in [0.25, 0.3) is 0 Å². The Morgan fingerprint density at radius 3 is 2.85 bits per heavy atom. The molecule has 2 rings (SSSR count). The van der Waals surface area contributed by atoms with Gasteiger partial charge in [0, 0.05) is 10.4 Å². The maximum absolute atomic E-state index is 11.6. The van der Waals surface area contributed by atoms with Gasteiger partial charge in [-0.05, 0) is 23.6 Å². The highest BCUT2D eigenvalue weighted by atomic mass is 32.1. The third-order valence-electron chi connectivity index (χ3n) is 2.39. The molecule has 5 heteroatoms. The summed E-state index contributed by atoms with van der Waals surface area (Å²) in [6.45, 7) is 0.164. The van der Waals surface area contributed by atoms with Gasteiger partial charge < -0.3 is 15.2 Å². The Morgan fingerprint density at radius 2 is 2.10 bits per heavy atom. The SMILES string of the molecule is O=C(NCc1sccc1C#CCO)Oc1ccccc1. The van der Waals surface area contributed by atoms with Crippen LogP contribution in [0.2, 0.25) is 0 Å². The first-order chi connectivity index (χ1) is 9.79. The number of aliphatic hydroxyl groups is 1. The lowest BCUT2D eigenvalue weighted by Gasteiger charge is -2.05. The topological polar surface area (TPSA) is 58.6 Å². The number of ether oxygens (including phenoxy) is 1. The van der Waals surface area contributed by atoms with Gasteiger partial charge in [0.2, 0.25) is 0 Å². The molecule has 2 aromatic rings. The van der Waals surface area contributed by atoms with E-state index in [4.69, 9.17) is 9.84 Å². The summed E-state index contributed by atoms with van der Waals surface area (Å²) in [6.07, 6.45) is -0.509. The van der Waals surface area contributed by atoms with Gasteiger partial charge >= 0.3 is 6.09 Å². The lowest BCUT2D eigenvalue weighted by molar-refractivity contribution is 0.200. The third kappa shape index (κ3) is 4.12. The van der Waals surface area contributed by atoms with Gasteiger partial charge in [0.15, 0.2) is 0 Å². The molecule has 0 aliphatic carbocycles. The summed E-state index contributed by atoms with van der Waals surface area (Å²) in [5, 5.41) is 13.2. The van der Waals surface area contributed by atoms with Crippen molar-refractivity contribution in [3.05, 3.63) is 52.2 Å². The first-order valence-corrected chi connectivity index (χ1v) is 6.84. The molecular weight excluding hydrogens is 274 g/mol. The maximum Gasteiger partial charge on any atom is 0.412 e. The van der Waals surface area contributed by atoms with Crippen LogP contribution in [0.5, 0.6) is 5.75 Å². The van der Waals surface area contributed by atoms with Gasteiger partial charge in [-0.3, -0.25) is 0 Å². The first kappa shape index (κ1) is 14.1. The maximum atomic E-state index is 11.6. The van der Waals surface area contributed by atoms with Crippen molar-refractivity contribution in [2.75, 3.05) is 6.61 Å². The predicted molar refractivity (Wildman–Crippen MR) is 77.6 cm³/mol. The van der Waals surface area contributed by atoms with Gasteiger partial charge in [0.25, 0.3) is 0 Å². The molecule has 4 nitrogen and oxygen atoms in total. The lowest BCUT2D eigenvalue weighted by Crippen LogP contribution is -2.26. The molecule has 0 aliphatic heterocycles. The molecule has 20 heavy (non-hydrogen) atoms. The van der Waals surface area contributed by atoms with Gasteiger partial charge in [0.05, 0.1) is 6.54 Å². The van der Waals surface area contributed by atoms with Crippen LogP contribution in [-0.4, -0.2) is 17.8 Å². The molecule has 0 radical (unpaired) electrons. The predicted octanol–water partition coefficient (Wildman–Crippen LogP) is 2.38. The normalized spacial score (nSPS) is 9.45. The molecule has 0 atom stereocenters. The van der Waals surface area contributed by atoms with E-state index in [1.807, 2.05) is 17.5 Å². The van der Waals surface area contributed by atoms with Crippen molar-refractivity contribution in [3.63, 3.8) is 0 Å². The van der Waals surface area contributed by atoms with Crippen molar-refractivity contribution in [3.8, 4) is 17.6 Å². The second-order valence-corrected chi connectivity index (χ2v) is 4.77. The average Bonchev–Trinajstić information content (AvgIpc) is 2.91. The molecule has 0 bridgehead atoms. The van der Waals surface area contributed by atoms with Gasteiger partial charge in [-0.2, -0.15) is 0 Å². The zero-order valence-corrected chi connectivity index (χ0v) is 11.4. The molecule has 0 aliphatic rings. The number of hydrogen-bond donors (Lipinski definition) is 2. The molecule has 102 valence electrons. The minimum Gasteiger partial charge on any atom is -0.410 e. The van der Waals surface area contributed by atoms with E-state index in [0.29, 0.717) is 12.3 Å². The monoisotopic (exact) mass is 287 g/mol. The highest BCUT2D eigenvalue weighted by Gasteiger charge is 2.06. The van der Waals surface area contributed by atoms with Gasteiger partial charge in [-0.15, -0.1) is 11.3 Å². The fourth-order valence-electron chi connectivity index (χ4n) is 1.51. The molecule has 1 aromatic carbocycles. The molecule has 2 N–H and O–H groups in total. The molecule has 0 spiro atoms. The molecule has 0 saturated heterocycles. The van der Waals surface area contributed by atoms with Crippen LogP contribution < -0.4 is 10.1 Å². The van der Waals surface area contributed by atoms with Crippen LogP contribution in [0.4, 0.5) is 4.79 Å². The summed E-state index contributed by atoms with van der Waals surface area (Å²) < 4.78 is 5.11. The molecule has 1 heterocycles. The third-order valence-corrected chi connectivity index (χ3v) is 3.32. The zero-order chi connectivity index (χ0) is 14.2. The molecular formula is C15H13NO3S. The van der Waals surface area contributed by atoms with Crippen LogP contribution in [-0.2, 0) is 6.54 Å². The fourth-order valence-corrected chi connectivity index (χ4v) is 2.28.